The Morgan fingerprint density at radius 1 is 1.26 bits per heavy atom. The summed E-state index contributed by atoms with van der Waals surface area (Å²) in [4.78, 5) is 10.8. The maximum absolute atomic E-state index is 11.7. The van der Waals surface area contributed by atoms with Gasteiger partial charge in [-0.2, -0.15) is 0 Å². The molecule has 7 heteroatoms. The number of aryl methyl sites for hydroxylation is 1. The van der Waals surface area contributed by atoms with Gasteiger partial charge in [0, 0.05) is 6.61 Å². The molecule has 19 heavy (non-hydrogen) atoms. The number of hydrogen-bond acceptors (Lipinski definition) is 4. The molecule has 0 spiro atoms. The molecule has 0 aromatic heterocycles. The van der Waals surface area contributed by atoms with E-state index >= 15 is 0 Å². The van der Waals surface area contributed by atoms with Crippen LogP contribution in [0.25, 0.3) is 0 Å². The van der Waals surface area contributed by atoms with Crippen molar-refractivity contribution in [3.05, 3.63) is 35.9 Å². The van der Waals surface area contributed by atoms with Crippen molar-refractivity contribution < 1.29 is 23.4 Å². The van der Waals surface area contributed by atoms with Gasteiger partial charge in [0.15, 0.2) is 0 Å². The summed E-state index contributed by atoms with van der Waals surface area (Å²) in [5.41, 5.74) is 0.863. The normalized spacial score (nSPS) is 13.1. The first-order chi connectivity index (χ1) is 8.94. The SMILES string of the molecule is O=C(O)C(CCO)NS(=O)(=O)CCc1ccccc1. The van der Waals surface area contributed by atoms with Crippen molar-refractivity contribution in [2.45, 2.75) is 18.9 Å². The minimum absolute atomic E-state index is 0.153. The number of rotatable bonds is 8. The van der Waals surface area contributed by atoms with Crippen molar-refractivity contribution in [3.63, 3.8) is 0 Å². The van der Waals surface area contributed by atoms with Crippen LogP contribution >= 0.6 is 0 Å². The van der Waals surface area contributed by atoms with Crippen LogP contribution in [-0.4, -0.2) is 43.0 Å². The first kappa shape index (κ1) is 15.6. The molecule has 0 heterocycles. The van der Waals surface area contributed by atoms with E-state index in [2.05, 4.69) is 4.72 Å². The zero-order chi connectivity index (χ0) is 14.3. The first-order valence-electron chi connectivity index (χ1n) is 5.82. The molecule has 1 aromatic rings. The molecule has 1 rings (SSSR count). The third-order valence-electron chi connectivity index (χ3n) is 2.54. The molecule has 0 amide bonds. The monoisotopic (exact) mass is 287 g/mol. The first-order valence-corrected chi connectivity index (χ1v) is 7.47. The van der Waals surface area contributed by atoms with Crippen molar-refractivity contribution >= 4 is 16.0 Å². The molecule has 0 aliphatic carbocycles. The van der Waals surface area contributed by atoms with Gasteiger partial charge < -0.3 is 10.2 Å². The fraction of sp³-hybridized carbons (Fsp3) is 0.417. The Morgan fingerprint density at radius 2 is 1.89 bits per heavy atom. The molecule has 0 aliphatic rings. The van der Waals surface area contributed by atoms with E-state index in [1.54, 1.807) is 24.3 Å². The molecular formula is C12H17NO5S. The maximum Gasteiger partial charge on any atom is 0.321 e. The van der Waals surface area contributed by atoms with Crippen LogP contribution in [0.2, 0.25) is 0 Å². The van der Waals surface area contributed by atoms with E-state index < -0.39 is 28.6 Å². The van der Waals surface area contributed by atoms with Crippen LogP contribution in [-0.2, 0) is 21.2 Å². The summed E-state index contributed by atoms with van der Waals surface area (Å²) in [5, 5.41) is 17.5. The number of carboxylic acids is 1. The Labute approximate surface area is 112 Å². The van der Waals surface area contributed by atoms with E-state index in [1.807, 2.05) is 6.07 Å². The number of sulfonamides is 1. The van der Waals surface area contributed by atoms with E-state index in [1.165, 1.54) is 0 Å². The standard InChI is InChI=1S/C12H17NO5S/c14-8-6-11(12(15)16)13-19(17,18)9-7-10-4-2-1-3-5-10/h1-5,11,13-14H,6-9H2,(H,15,16). The van der Waals surface area contributed by atoms with Gasteiger partial charge >= 0.3 is 5.97 Å². The van der Waals surface area contributed by atoms with Gasteiger partial charge in [-0.25, -0.2) is 13.1 Å². The van der Waals surface area contributed by atoms with Crippen LogP contribution in [0.5, 0.6) is 0 Å². The molecule has 0 radical (unpaired) electrons. The van der Waals surface area contributed by atoms with Crippen LogP contribution in [0.4, 0.5) is 0 Å². The zero-order valence-corrected chi connectivity index (χ0v) is 11.1. The molecule has 0 saturated carbocycles. The van der Waals surface area contributed by atoms with E-state index in [4.69, 9.17) is 10.2 Å². The van der Waals surface area contributed by atoms with Crippen LogP contribution in [0.3, 0.4) is 0 Å². The van der Waals surface area contributed by atoms with E-state index in [0.717, 1.165) is 5.56 Å². The third kappa shape index (κ3) is 5.82. The summed E-state index contributed by atoms with van der Waals surface area (Å²) in [6.07, 6.45) is 0.154. The van der Waals surface area contributed by atoms with E-state index in [9.17, 15) is 13.2 Å². The second kappa shape index (κ2) is 7.22. The molecule has 0 aliphatic heterocycles. The molecule has 0 fully saturated rings. The minimum atomic E-state index is -3.69. The van der Waals surface area contributed by atoms with Crippen molar-refractivity contribution in [1.82, 2.24) is 4.72 Å². The fourth-order valence-electron chi connectivity index (χ4n) is 1.53. The molecule has 1 aromatic carbocycles. The third-order valence-corrected chi connectivity index (χ3v) is 3.93. The lowest BCUT2D eigenvalue weighted by atomic mass is 10.2. The summed E-state index contributed by atoms with van der Waals surface area (Å²) in [5.74, 6) is -1.48. The second-order valence-electron chi connectivity index (χ2n) is 4.08. The average Bonchev–Trinajstić information content (AvgIpc) is 2.37. The van der Waals surface area contributed by atoms with Gasteiger partial charge in [0.2, 0.25) is 10.0 Å². The van der Waals surface area contributed by atoms with Gasteiger partial charge in [-0.1, -0.05) is 30.3 Å². The summed E-state index contributed by atoms with van der Waals surface area (Å²) < 4.78 is 25.6. The Hall–Kier alpha value is -1.44. The molecular weight excluding hydrogens is 270 g/mol. The number of aliphatic carboxylic acids is 1. The van der Waals surface area contributed by atoms with Crippen LogP contribution in [0, 0.1) is 0 Å². The predicted octanol–water partition coefficient (Wildman–Crippen LogP) is -0.0159. The van der Waals surface area contributed by atoms with Gasteiger partial charge in [0.1, 0.15) is 6.04 Å². The largest absolute Gasteiger partial charge is 0.480 e. The highest BCUT2D eigenvalue weighted by Gasteiger charge is 2.23. The molecule has 3 N–H and O–H groups in total. The summed E-state index contributed by atoms with van der Waals surface area (Å²) >= 11 is 0. The quantitative estimate of drug-likeness (QED) is 0.623. The van der Waals surface area contributed by atoms with Crippen LogP contribution in [0.1, 0.15) is 12.0 Å². The maximum atomic E-state index is 11.7. The van der Waals surface area contributed by atoms with E-state index in [-0.39, 0.29) is 12.2 Å². The highest BCUT2D eigenvalue weighted by molar-refractivity contribution is 7.89. The van der Waals surface area contributed by atoms with Gasteiger partial charge in [0.05, 0.1) is 5.75 Å². The lowest BCUT2D eigenvalue weighted by molar-refractivity contribution is -0.139. The smallest absolute Gasteiger partial charge is 0.321 e. The number of benzene rings is 1. The number of hydrogen-bond donors (Lipinski definition) is 3. The van der Waals surface area contributed by atoms with Gasteiger partial charge in [-0.05, 0) is 18.4 Å². The predicted molar refractivity (Wildman–Crippen MR) is 70.2 cm³/mol. The minimum Gasteiger partial charge on any atom is -0.480 e. The second-order valence-corrected chi connectivity index (χ2v) is 5.95. The van der Waals surface area contributed by atoms with Crippen molar-refractivity contribution in [3.8, 4) is 0 Å². The highest BCUT2D eigenvalue weighted by Crippen LogP contribution is 2.03. The van der Waals surface area contributed by atoms with E-state index in [0.29, 0.717) is 6.42 Å². The topological polar surface area (TPSA) is 104 Å². The van der Waals surface area contributed by atoms with Crippen LogP contribution < -0.4 is 4.72 Å². The summed E-state index contributed by atoms with van der Waals surface area (Å²) in [7, 11) is -3.69. The lowest BCUT2D eigenvalue weighted by Gasteiger charge is -2.13. The Kier molecular flexibility index (Phi) is 5.94. The Balaban J connectivity index is 2.58. The average molecular weight is 287 g/mol. The molecule has 106 valence electrons. The van der Waals surface area contributed by atoms with Crippen molar-refractivity contribution in [2.75, 3.05) is 12.4 Å². The Morgan fingerprint density at radius 3 is 2.42 bits per heavy atom. The molecule has 0 bridgehead atoms. The number of carboxylic acid groups (broad SMARTS) is 1. The molecule has 6 nitrogen and oxygen atoms in total. The number of carbonyl (C=O) groups is 1. The number of aliphatic hydroxyl groups is 1. The zero-order valence-electron chi connectivity index (χ0n) is 10.3. The van der Waals surface area contributed by atoms with Crippen molar-refractivity contribution in [1.29, 1.82) is 0 Å². The molecule has 1 atom stereocenters. The lowest BCUT2D eigenvalue weighted by Crippen LogP contribution is -2.42. The van der Waals surface area contributed by atoms with Crippen molar-refractivity contribution in [2.24, 2.45) is 0 Å². The highest BCUT2D eigenvalue weighted by atomic mass is 32.2. The van der Waals surface area contributed by atoms with Crippen LogP contribution in [0.15, 0.2) is 30.3 Å². The summed E-state index contributed by atoms with van der Waals surface area (Å²) in [6, 6.07) is 7.77. The number of nitrogens with one attached hydrogen (secondary N) is 1. The molecule has 1 unspecified atom stereocenters. The number of aliphatic hydroxyl groups excluding tert-OH is 1. The van der Waals surface area contributed by atoms with Gasteiger partial charge in [-0.3, -0.25) is 4.79 Å². The van der Waals surface area contributed by atoms with Gasteiger partial charge in [0.25, 0.3) is 0 Å². The van der Waals surface area contributed by atoms with Gasteiger partial charge in [-0.15, -0.1) is 0 Å². The molecule has 0 saturated heterocycles. The Bertz CT molecular complexity index is 500. The summed E-state index contributed by atoms with van der Waals surface area (Å²) in [6.45, 7) is -0.391. The fourth-order valence-corrected chi connectivity index (χ4v) is 2.81.